The van der Waals surface area contributed by atoms with E-state index >= 15 is 0 Å². The summed E-state index contributed by atoms with van der Waals surface area (Å²) in [5, 5.41) is 15.7. The van der Waals surface area contributed by atoms with Crippen LogP contribution in [0.1, 0.15) is 117 Å². The largest absolute Gasteiger partial charge is 0.506 e. The summed E-state index contributed by atoms with van der Waals surface area (Å²) in [4.78, 5) is 24.4. The van der Waals surface area contributed by atoms with E-state index in [1.807, 2.05) is 0 Å². The van der Waals surface area contributed by atoms with Gasteiger partial charge in [-0.2, -0.15) is 0 Å². The molecule has 0 aliphatic heterocycles. The summed E-state index contributed by atoms with van der Waals surface area (Å²) in [6.07, 6.45) is 17.3. The molecule has 5 heteroatoms. The molecule has 0 aromatic heterocycles. The molecule has 1 aromatic carbocycles. The highest BCUT2D eigenvalue weighted by molar-refractivity contribution is 5.95. The number of anilines is 2. The van der Waals surface area contributed by atoms with Crippen molar-refractivity contribution >= 4 is 23.2 Å². The number of rotatable bonds is 18. The zero-order valence-corrected chi connectivity index (χ0v) is 19.8. The van der Waals surface area contributed by atoms with Crippen molar-refractivity contribution in [1.29, 1.82) is 0 Å². The Hall–Kier alpha value is -2.04. The molecule has 31 heavy (non-hydrogen) atoms. The molecule has 3 N–H and O–H groups in total. The van der Waals surface area contributed by atoms with E-state index in [4.69, 9.17) is 0 Å². The standard InChI is InChI=1S/C26H44N2O3/c1-3-5-7-9-11-13-15-17-25(30)27-22-19-20-24(29)23(21-22)28-26(31)18-16-14-12-10-8-6-4-2/h19-21,29H,3-18H2,1-2H3,(H,27,30)(H,28,31). The number of carbonyl (C=O) groups excluding carboxylic acids is 2. The number of phenolic OH excluding ortho intramolecular Hbond substituents is 1. The first-order valence-electron chi connectivity index (χ1n) is 12.5. The second-order valence-electron chi connectivity index (χ2n) is 8.57. The highest BCUT2D eigenvalue weighted by atomic mass is 16.3. The number of phenols is 1. The van der Waals surface area contributed by atoms with E-state index in [1.54, 1.807) is 12.1 Å². The molecule has 0 fully saturated rings. The number of unbranched alkanes of at least 4 members (excludes halogenated alkanes) is 12. The summed E-state index contributed by atoms with van der Waals surface area (Å²) in [7, 11) is 0. The van der Waals surface area contributed by atoms with Crippen LogP contribution in [0.3, 0.4) is 0 Å². The smallest absolute Gasteiger partial charge is 0.224 e. The minimum atomic E-state index is -0.101. The maximum Gasteiger partial charge on any atom is 0.224 e. The third-order valence-corrected chi connectivity index (χ3v) is 5.57. The van der Waals surface area contributed by atoms with Crippen LogP contribution in [0.4, 0.5) is 11.4 Å². The second-order valence-corrected chi connectivity index (χ2v) is 8.57. The number of benzene rings is 1. The molecule has 2 amide bonds. The Balaban J connectivity index is 2.30. The number of amides is 2. The molecule has 0 saturated carbocycles. The van der Waals surface area contributed by atoms with Gasteiger partial charge in [0.2, 0.25) is 11.8 Å². The molecular formula is C26H44N2O3. The van der Waals surface area contributed by atoms with Crippen LogP contribution in [-0.2, 0) is 9.59 Å². The van der Waals surface area contributed by atoms with E-state index < -0.39 is 0 Å². The normalized spacial score (nSPS) is 10.8. The van der Waals surface area contributed by atoms with Crippen LogP contribution < -0.4 is 10.6 Å². The van der Waals surface area contributed by atoms with Gasteiger partial charge in [0.1, 0.15) is 5.75 Å². The minimum Gasteiger partial charge on any atom is -0.506 e. The van der Waals surface area contributed by atoms with Crippen LogP contribution >= 0.6 is 0 Å². The Kier molecular flexibility index (Phi) is 15.3. The summed E-state index contributed by atoms with van der Waals surface area (Å²) in [5.41, 5.74) is 0.943. The molecule has 5 nitrogen and oxygen atoms in total. The van der Waals surface area contributed by atoms with Gasteiger partial charge >= 0.3 is 0 Å². The summed E-state index contributed by atoms with van der Waals surface area (Å²) < 4.78 is 0. The second kappa shape index (κ2) is 17.6. The molecule has 0 heterocycles. The van der Waals surface area contributed by atoms with Gasteiger partial charge in [-0.25, -0.2) is 0 Å². The van der Waals surface area contributed by atoms with Crippen molar-refractivity contribution in [3.8, 4) is 5.75 Å². The Labute approximate surface area is 189 Å². The summed E-state index contributed by atoms with van der Waals surface area (Å²) >= 11 is 0. The fraction of sp³-hybridized carbons (Fsp3) is 0.692. The van der Waals surface area contributed by atoms with Gasteiger partial charge in [0.15, 0.2) is 0 Å². The molecule has 176 valence electrons. The molecule has 0 aliphatic carbocycles. The van der Waals surface area contributed by atoms with E-state index in [2.05, 4.69) is 24.5 Å². The number of carbonyl (C=O) groups is 2. The minimum absolute atomic E-state index is 0.0120. The van der Waals surface area contributed by atoms with Crippen molar-refractivity contribution < 1.29 is 14.7 Å². The maximum absolute atomic E-state index is 12.2. The van der Waals surface area contributed by atoms with Crippen LogP contribution in [0.15, 0.2) is 18.2 Å². The molecule has 0 radical (unpaired) electrons. The molecule has 0 unspecified atom stereocenters. The first-order chi connectivity index (χ1) is 15.1. The molecule has 0 spiro atoms. The topological polar surface area (TPSA) is 78.4 Å². The van der Waals surface area contributed by atoms with Gasteiger partial charge in [0.05, 0.1) is 5.69 Å². The average molecular weight is 433 g/mol. The molecule has 1 aromatic rings. The van der Waals surface area contributed by atoms with Crippen LogP contribution in [0.2, 0.25) is 0 Å². The lowest BCUT2D eigenvalue weighted by molar-refractivity contribution is -0.117. The van der Waals surface area contributed by atoms with Crippen molar-refractivity contribution in [2.75, 3.05) is 10.6 Å². The van der Waals surface area contributed by atoms with Crippen LogP contribution in [-0.4, -0.2) is 16.9 Å². The first-order valence-corrected chi connectivity index (χ1v) is 12.5. The van der Waals surface area contributed by atoms with Gasteiger partial charge in [-0.15, -0.1) is 0 Å². The summed E-state index contributed by atoms with van der Waals surface area (Å²) in [6, 6.07) is 4.79. The van der Waals surface area contributed by atoms with Crippen molar-refractivity contribution in [2.45, 2.75) is 117 Å². The van der Waals surface area contributed by atoms with Crippen molar-refractivity contribution in [2.24, 2.45) is 0 Å². The quantitative estimate of drug-likeness (QED) is 0.127. The highest BCUT2D eigenvalue weighted by Crippen LogP contribution is 2.27. The summed E-state index contributed by atoms with van der Waals surface area (Å²) in [5.74, 6) is -0.118. The third-order valence-electron chi connectivity index (χ3n) is 5.57. The van der Waals surface area contributed by atoms with Gasteiger partial charge in [-0.1, -0.05) is 90.9 Å². The highest BCUT2D eigenvalue weighted by Gasteiger charge is 2.09. The van der Waals surface area contributed by atoms with Crippen LogP contribution in [0.25, 0.3) is 0 Å². The van der Waals surface area contributed by atoms with Gasteiger partial charge in [-0.3, -0.25) is 9.59 Å². The predicted octanol–water partition coefficient (Wildman–Crippen LogP) is 7.55. The molecule has 0 aliphatic rings. The Morgan fingerprint density at radius 2 is 1.13 bits per heavy atom. The van der Waals surface area contributed by atoms with E-state index in [-0.39, 0.29) is 17.6 Å². The maximum atomic E-state index is 12.2. The lowest BCUT2D eigenvalue weighted by Crippen LogP contribution is -2.13. The monoisotopic (exact) mass is 432 g/mol. The Morgan fingerprint density at radius 3 is 1.65 bits per heavy atom. The average Bonchev–Trinajstić information content (AvgIpc) is 2.75. The van der Waals surface area contributed by atoms with Crippen molar-refractivity contribution in [3.63, 3.8) is 0 Å². The lowest BCUT2D eigenvalue weighted by atomic mass is 10.1. The molecular weight excluding hydrogens is 388 g/mol. The molecule has 0 bridgehead atoms. The lowest BCUT2D eigenvalue weighted by Gasteiger charge is -2.11. The van der Waals surface area contributed by atoms with Crippen molar-refractivity contribution in [1.82, 2.24) is 0 Å². The molecule has 0 saturated heterocycles. The fourth-order valence-corrected chi connectivity index (χ4v) is 3.64. The zero-order chi connectivity index (χ0) is 22.7. The number of hydrogen-bond donors (Lipinski definition) is 3. The van der Waals surface area contributed by atoms with Gasteiger partial charge in [-0.05, 0) is 31.0 Å². The zero-order valence-electron chi connectivity index (χ0n) is 19.8. The van der Waals surface area contributed by atoms with Crippen LogP contribution in [0.5, 0.6) is 5.75 Å². The third kappa shape index (κ3) is 13.8. The molecule has 0 atom stereocenters. The molecule has 1 rings (SSSR count). The van der Waals surface area contributed by atoms with Crippen molar-refractivity contribution in [3.05, 3.63) is 18.2 Å². The van der Waals surface area contributed by atoms with Gasteiger partial charge in [0.25, 0.3) is 0 Å². The number of hydrogen-bond acceptors (Lipinski definition) is 3. The van der Waals surface area contributed by atoms with E-state index in [0.29, 0.717) is 24.2 Å². The fourth-order valence-electron chi connectivity index (χ4n) is 3.64. The Morgan fingerprint density at radius 1 is 0.677 bits per heavy atom. The van der Waals surface area contributed by atoms with E-state index in [9.17, 15) is 14.7 Å². The van der Waals surface area contributed by atoms with Gasteiger partial charge in [0, 0.05) is 18.5 Å². The van der Waals surface area contributed by atoms with Crippen LogP contribution in [0, 0.1) is 0 Å². The first kappa shape index (κ1) is 27.0. The summed E-state index contributed by atoms with van der Waals surface area (Å²) in [6.45, 7) is 4.41. The Bertz CT molecular complexity index is 631. The van der Waals surface area contributed by atoms with E-state index in [0.717, 1.165) is 25.7 Å². The van der Waals surface area contributed by atoms with E-state index in [1.165, 1.54) is 70.3 Å². The number of nitrogens with one attached hydrogen (secondary N) is 2. The van der Waals surface area contributed by atoms with Gasteiger partial charge < -0.3 is 15.7 Å². The predicted molar refractivity (Wildman–Crippen MR) is 131 cm³/mol. The number of aromatic hydroxyl groups is 1. The SMILES string of the molecule is CCCCCCCCCC(=O)Nc1ccc(O)c(NC(=O)CCCCCCCCC)c1.